The van der Waals surface area contributed by atoms with Crippen molar-refractivity contribution in [3.63, 3.8) is 0 Å². The number of hydrogen-bond donors (Lipinski definition) is 0. The molecule has 0 amide bonds. The summed E-state index contributed by atoms with van der Waals surface area (Å²) in [4.78, 5) is 11.7. The van der Waals surface area contributed by atoms with Crippen molar-refractivity contribution in [3.8, 4) is 5.75 Å². The zero-order valence-corrected chi connectivity index (χ0v) is 10.8. The van der Waals surface area contributed by atoms with Gasteiger partial charge in [0.1, 0.15) is 5.75 Å². The second-order valence-corrected chi connectivity index (χ2v) is 4.76. The van der Waals surface area contributed by atoms with Crippen LogP contribution < -0.4 is 4.74 Å². The number of alkyl halides is 1. The number of ether oxygens (including phenoxy) is 1. The molecule has 0 aliphatic heterocycles. The van der Waals surface area contributed by atoms with Gasteiger partial charge in [0, 0.05) is 5.56 Å². The highest BCUT2D eigenvalue weighted by Crippen LogP contribution is 2.20. The van der Waals surface area contributed by atoms with Crippen molar-refractivity contribution < 1.29 is 9.53 Å². The SMILES string of the molecule is CCOc1ccc(C)c(C(=O)C(C)Br)c1. The van der Waals surface area contributed by atoms with E-state index in [2.05, 4.69) is 15.9 Å². The highest BCUT2D eigenvalue weighted by molar-refractivity contribution is 9.10. The number of aryl methyl sites for hydroxylation is 1. The second-order valence-electron chi connectivity index (χ2n) is 3.39. The number of rotatable bonds is 4. The van der Waals surface area contributed by atoms with Crippen LogP contribution in [0.15, 0.2) is 18.2 Å². The lowest BCUT2D eigenvalue weighted by atomic mass is 10.0. The van der Waals surface area contributed by atoms with Crippen molar-refractivity contribution in [2.24, 2.45) is 0 Å². The van der Waals surface area contributed by atoms with Gasteiger partial charge in [0.25, 0.3) is 0 Å². The largest absolute Gasteiger partial charge is 0.494 e. The molecule has 1 rings (SSSR count). The van der Waals surface area contributed by atoms with Crippen LogP contribution in [0.2, 0.25) is 0 Å². The summed E-state index contributed by atoms with van der Waals surface area (Å²) in [7, 11) is 0. The van der Waals surface area contributed by atoms with Crippen molar-refractivity contribution in [1.29, 1.82) is 0 Å². The number of ketones is 1. The van der Waals surface area contributed by atoms with E-state index >= 15 is 0 Å². The van der Waals surface area contributed by atoms with Crippen LogP contribution in [0.5, 0.6) is 5.75 Å². The average molecular weight is 271 g/mol. The first-order valence-electron chi connectivity index (χ1n) is 4.98. The molecule has 0 saturated carbocycles. The summed E-state index contributed by atoms with van der Waals surface area (Å²) in [6.07, 6.45) is 0. The minimum atomic E-state index is -0.159. The van der Waals surface area contributed by atoms with E-state index in [-0.39, 0.29) is 10.6 Å². The van der Waals surface area contributed by atoms with E-state index in [0.29, 0.717) is 6.61 Å². The van der Waals surface area contributed by atoms with Gasteiger partial charge >= 0.3 is 0 Å². The molecule has 15 heavy (non-hydrogen) atoms. The minimum Gasteiger partial charge on any atom is -0.494 e. The van der Waals surface area contributed by atoms with E-state index < -0.39 is 0 Å². The van der Waals surface area contributed by atoms with E-state index in [9.17, 15) is 4.79 Å². The van der Waals surface area contributed by atoms with Crippen LogP contribution in [0.3, 0.4) is 0 Å². The zero-order chi connectivity index (χ0) is 11.4. The molecule has 3 heteroatoms. The average Bonchev–Trinajstić information content (AvgIpc) is 2.20. The van der Waals surface area contributed by atoms with Gasteiger partial charge < -0.3 is 4.74 Å². The lowest BCUT2D eigenvalue weighted by molar-refractivity contribution is 0.0995. The molecule has 0 aliphatic rings. The molecule has 0 aliphatic carbocycles. The predicted octanol–water partition coefficient (Wildman–Crippen LogP) is 3.36. The molecule has 0 N–H and O–H groups in total. The maximum atomic E-state index is 11.8. The normalized spacial score (nSPS) is 12.3. The topological polar surface area (TPSA) is 26.3 Å². The standard InChI is InChI=1S/C12H15BrO2/c1-4-15-10-6-5-8(2)11(7-10)12(14)9(3)13/h5-7,9H,4H2,1-3H3. The Bertz CT molecular complexity index is 359. The number of carbonyl (C=O) groups excluding carboxylic acids is 1. The Morgan fingerprint density at radius 2 is 2.20 bits per heavy atom. The molecule has 0 radical (unpaired) electrons. The zero-order valence-electron chi connectivity index (χ0n) is 9.21. The Hall–Kier alpha value is -0.830. The van der Waals surface area contributed by atoms with Gasteiger partial charge in [-0.25, -0.2) is 0 Å². The summed E-state index contributed by atoms with van der Waals surface area (Å²) in [5.41, 5.74) is 1.71. The van der Waals surface area contributed by atoms with Crippen LogP contribution in [0, 0.1) is 6.92 Å². The maximum Gasteiger partial charge on any atom is 0.176 e. The van der Waals surface area contributed by atoms with Gasteiger partial charge in [-0.2, -0.15) is 0 Å². The summed E-state index contributed by atoms with van der Waals surface area (Å²) in [6, 6.07) is 5.60. The quantitative estimate of drug-likeness (QED) is 0.620. The summed E-state index contributed by atoms with van der Waals surface area (Å²) in [5, 5.41) is 0. The van der Waals surface area contributed by atoms with Crippen LogP contribution in [0.25, 0.3) is 0 Å². The molecule has 0 heterocycles. The summed E-state index contributed by atoms with van der Waals surface area (Å²) in [5.74, 6) is 0.841. The van der Waals surface area contributed by atoms with Crippen LogP contribution in [-0.4, -0.2) is 17.2 Å². The fourth-order valence-corrected chi connectivity index (χ4v) is 1.58. The van der Waals surface area contributed by atoms with Gasteiger partial charge in [0.15, 0.2) is 5.78 Å². The van der Waals surface area contributed by atoms with Crippen molar-refractivity contribution >= 4 is 21.7 Å². The molecular formula is C12H15BrO2. The van der Waals surface area contributed by atoms with Crippen molar-refractivity contribution in [2.45, 2.75) is 25.6 Å². The lowest BCUT2D eigenvalue weighted by Crippen LogP contribution is -2.11. The molecular weight excluding hydrogens is 256 g/mol. The van der Waals surface area contributed by atoms with E-state index in [1.165, 1.54) is 0 Å². The third-order valence-corrected chi connectivity index (χ3v) is 2.56. The molecule has 1 aromatic carbocycles. The third-order valence-electron chi connectivity index (χ3n) is 2.15. The second kappa shape index (κ2) is 5.31. The molecule has 2 nitrogen and oxygen atoms in total. The highest BCUT2D eigenvalue weighted by Gasteiger charge is 2.14. The fraction of sp³-hybridized carbons (Fsp3) is 0.417. The van der Waals surface area contributed by atoms with Crippen molar-refractivity contribution in [2.75, 3.05) is 6.61 Å². The number of hydrogen-bond acceptors (Lipinski definition) is 2. The molecule has 1 aromatic rings. The van der Waals surface area contributed by atoms with Crippen LogP contribution in [0.4, 0.5) is 0 Å². The third kappa shape index (κ3) is 3.06. The molecule has 1 atom stereocenters. The Labute approximate surface area is 98.8 Å². The maximum absolute atomic E-state index is 11.8. The van der Waals surface area contributed by atoms with Gasteiger partial charge in [-0.05, 0) is 38.5 Å². The lowest BCUT2D eigenvalue weighted by Gasteiger charge is -2.09. The van der Waals surface area contributed by atoms with E-state index in [1.807, 2.05) is 32.9 Å². The summed E-state index contributed by atoms with van der Waals surface area (Å²) < 4.78 is 5.36. The van der Waals surface area contributed by atoms with Crippen LogP contribution in [0.1, 0.15) is 29.8 Å². The monoisotopic (exact) mass is 270 g/mol. The van der Waals surface area contributed by atoms with E-state index in [1.54, 1.807) is 6.07 Å². The van der Waals surface area contributed by atoms with E-state index in [4.69, 9.17) is 4.74 Å². The molecule has 0 spiro atoms. The first-order chi connectivity index (χ1) is 7.06. The van der Waals surface area contributed by atoms with Crippen molar-refractivity contribution in [1.82, 2.24) is 0 Å². The smallest absolute Gasteiger partial charge is 0.176 e. The molecule has 82 valence electrons. The molecule has 0 saturated heterocycles. The van der Waals surface area contributed by atoms with Crippen LogP contribution in [-0.2, 0) is 0 Å². The van der Waals surface area contributed by atoms with Gasteiger partial charge in [0.05, 0.1) is 11.4 Å². The number of benzene rings is 1. The van der Waals surface area contributed by atoms with E-state index in [0.717, 1.165) is 16.9 Å². The molecule has 0 fully saturated rings. The van der Waals surface area contributed by atoms with Crippen LogP contribution >= 0.6 is 15.9 Å². The minimum absolute atomic E-state index is 0.0917. The first-order valence-corrected chi connectivity index (χ1v) is 5.89. The summed E-state index contributed by atoms with van der Waals surface area (Å²) in [6.45, 7) is 6.29. The fourth-order valence-electron chi connectivity index (χ4n) is 1.34. The van der Waals surface area contributed by atoms with Gasteiger partial charge in [-0.1, -0.05) is 22.0 Å². The molecule has 1 unspecified atom stereocenters. The Balaban J connectivity index is 3.05. The summed E-state index contributed by atoms with van der Waals surface area (Å²) >= 11 is 3.28. The molecule has 0 bridgehead atoms. The molecule has 0 aromatic heterocycles. The van der Waals surface area contributed by atoms with Gasteiger partial charge in [-0.3, -0.25) is 4.79 Å². The first kappa shape index (κ1) is 12.2. The van der Waals surface area contributed by atoms with Gasteiger partial charge in [0.2, 0.25) is 0 Å². The predicted molar refractivity (Wildman–Crippen MR) is 65.1 cm³/mol. The number of carbonyl (C=O) groups is 1. The Morgan fingerprint density at radius 1 is 1.53 bits per heavy atom. The number of halogens is 1. The highest BCUT2D eigenvalue weighted by atomic mass is 79.9. The van der Waals surface area contributed by atoms with Crippen molar-refractivity contribution in [3.05, 3.63) is 29.3 Å². The Morgan fingerprint density at radius 3 is 2.73 bits per heavy atom. The Kier molecular flexibility index (Phi) is 4.33. The van der Waals surface area contributed by atoms with Gasteiger partial charge in [-0.15, -0.1) is 0 Å². The number of Topliss-reactive ketones (excluding diaryl/α,β-unsaturated/α-hetero) is 1.